The van der Waals surface area contributed by atoms with Gasteiger partial charge in [0.05, 0.1) is 16.9 Å². The maximum atomic E-state index is 12.2. The van der Waals surface area contributed by atoms with Gasteiger partial charge in [0, 0.05) is 19.1 Å². The fourth-order valence-corrected chi connectivity index (χ4v) is 4.36. The highest BCUT2D eigenvalue weighted by Crippen LogP contribution is 2.32. The zero-order valence-electron chi connectivity index (χ0n) is 13.7. The van der Waals surface area contributed by atoms with Crippen LogP contribution in [-0.4, -0.2) is 50.0 Å². The van der Waals surface area contributed by atoms with Gasteiger partial charge in [-0.2, -0.15) is 0 Å². The first-order valence-corrected chi connectivity index (χ1v) is 9.73. The van der Waals surface area contributed by atoms with Gasteiger partial charge < -0.3 is 5.73 Å². The third-order valence-electron chi connectivity index (χ3n) is 4.45. The number of sulfonamides is 1. The van der Waals surface area contributed by atoms with E-state index >= 15 is 0 Å². The Hall–Kier alpha value is -1.48. The highest BCUT2D eigenvalue weighted by molar-refractivity contribution is 7.89. The molecule has 1 heterocycles. The summed E-state index contributed by atoms with van der Waals surface area (Å²) < 4.78 is 26.9. The van der Waals surface area contributed by atoms with Gasteiger partial charge in [0.15, 0.2) is 0 Å². The van der Waals surface area contributed by atoms with Crippen LogP contribution in [0.25, 0.3) is 0 Å². The first-order valence-electron chi connectivity index (χ1n) is 8.08. The van der Waals surface area contributed by atoms with Gasteiger partial charge in [-0.05, 0) is 37.3 Å². The molecule has 1 aliphatic heterocycles. The minimum absolute atomic E-state index is 0. The molecule has 1 atom stereocenters. The number of carbonyl (C=O) groups excluding carboxylic acids is 2. The summed E-state index contributed by atoms with van der Waals surface area (Å²) in [4.78, 5) is 25.5. The number of hydrogen-bond acceptors (Lipinski definition) is 5. The number of halogens is 1. The minimum atomic E-state index is -3.47. The standard InChI is InChI=1S/C16H21N3O4S.ClH/c17-10-14(11-6-7-11)18-24(22,23)9-3-8-19-15(20)12-4-1-2-5-13(12)16(19)21;/h1-2,4-5,11,14,18H,3,6-10,17H2;1H. The normalized spacial score (nSPS) is 18.0. The molecule has 3 N–H and O–H groups in total. The number of benzene rings is 1. The SMILES string of the molecule is Cl.NCC(NS(=O)(=O)CCCN1C(=O)c2ccccc2C1=O)C1CC1. The summed E-state index contributed by atoms with van der Waals surface area (Å²) in [6, 6.07) is 6.40. The third kappa shape index (κ3) is 4.38. The van der Waals surface area contributed by atoms with E-state index in [2.05, 4.69) is 4.72 Å². The zero-order chi connectivity index (χ0) is 17.3. The molecule has 0 aromatic heterocycles. The third-order valence-corrected chi connectivity index (χ3v) is 5.94. The van der Waals surface area contributed by atoms with Crippen molar-refractivity contribution in [1.82, 2.24) is 9.62 Å². The van der Waals surface area contributed by atoms with Gasteiger partial charge in [0.1, 0.15) is 0 Å². The van der Waals surface area contributed by atoms with Gasteiger partial charge in [-0.25, -0.2) is 13.1 Å². The highest BCUT2D eigenvalue weighted by Gasteiger charge is 2.35. The summed E-state index contributed by atoms with van der Waals surface area (Å²) in [6.07, 6.45) is 2.20. The van der Waals surface area contributed by atoms with Crippen LogP contribution in [0.1, 0.15) is 40.0 Å². The van der Waals surface area contributed by atoms with Crippen molar-refractivity contribution in [2.24, 2.45) is 11.7 Å². The topological polar surface area (TPSA) is 110 Å². The summed E-state index contributed by atoms with van der Waals surface area (Å²) in [7, 11) is -3.47. The maximum Gasteiger partial charge on any atom is 0.261 e. The van der Waals surface area contributed by atoms with Gasteiger partial charge in [0.25, 0.3) is 11.8 Å². The van der Waals surface area contributed by atoms with E-state index in [-0.39, 0.29) is 55.5 Å². The average Bonchev–Trinajstić information content (AvgIpc) is 3.37. The Kier molecular flexibility index (Phi) is 6.21. The van der Waals surface area contributed by atoms with E-state index in [0.29, 0.717) is 17.0 Å². The van der Waals surface area contributed by atoms with E-state index in [9.17, 15) is 18.0 Å². The van der Waals surface area contributed by atoms with E-state index < -0.39 is 10.0 Å². The molecule has 0 saturated heterocycles. The van der Waals surface area contributed by atoms with E-state index in [4.69, 9.17) is 5.73 Å². The number of amides is 2. The van der Waals surface area contributed by atoms with Crippen molar-refractivity contribution in [2.75, 3.05) is 18.8 Å². The lowest BCUT2D eigenvalue weighted by Gasteiger charge is -2.17. The van der Waals surface area contributed by atoms with Gasteiger partial charge in [-0.15, -0.1) is 12.4 Å². The number of hydrogen-bond donors (Lipinski definition) is 2. The Morgan fingerprint density at radius 2 is 1.72 bits per heavy atom. The number of fused-ring (bicyclic) bond motifs is 1. The van der Waals surface area contributed by atoms with Crippen molar-refractivity contribution in [1.29, 1.82) is 0 Å². The Morgan fingerprint density at radius 1 is 1.16 bits per heavy atom. The Balaban J connectivity index is 0.00000225. The van der Waals surface area contributed by atoms with Crippen LogP contribution >= 0.6 is 12.4 Å². The molecule has 1 fully saturated rings. The summed E-state index contributed by atoms with van der Waals surface area (Å²) in [6.45, 7) is 0.367. The van der Waals surface area contributed by atoms with Crippen LogP contribution in [0, 0.1) is 5.92 Å². The van der Waals surface area contributed by atoms with Crippen molar-refractivity contribution < 1.29 is 18.0 Å². The smallest absolute Gasteiger partial charge is 0.261 e. The number of rotatable bonds is 8. The van der Waals surface area contributed by atoms with Gasteiger partial charge in [-0.1, -0.05) is 12.1 Å². The quantitative estimate of drug-likeness (QED) is 0.639. The largest absolute Gasteiger partial charge is 0.329 e. The molecule has 1 aromatic carbocycles. The average molecular weight is 388 g/mol. The number of nitrogens with two attached hydrogens (primary N) is 1. The Labute approximate surface area is 153 Å². The lowest BCUT2D eigenvalue weighted by atomic mass is 10.1. The molecule has 25 heavy (non-hydrogen) atoms. The van der Waals surface area contributed by atoms with Crippen LogP contribution in [0.5, 0.6) is 0 Å². The van der Waals surface area contributed by atoms with Crippen molar-refractivity contribution in [3.63, 3.8) is 0 Å². The molecule has 2 amide bonds. The highest BCUT2D eigenvalue weighted by atomic mass is 35.5. The number of carbonyl (C=O) groups is 2. The molecule has 0 radical (unpaired) electrons. The summed E-state index contributed by atoms with van der Waals surface area (Å²) in [5, 5.41) is 0. The lowest BCUT2D eigenvalue weighted by Crippen LogP contribution is -2.43. The van der Waals surface area contributed by atoms with Crippen molar-refractivity contribution in [3.8, 4) is 0 Å². The van der Waals surface area contributed by atoms with Gasteiger partial charge >= 0.3 is 0 Å². The molecule has 138 valence electrons. The molecule has 2 aliphatic rings. The van der Waals surface area contributed by atoms with E-state index in [0.717, 1.165) is 17.7 Å². The van der Waals surface area contributed by atoms with Crippen LogP contribution < -0.4 is 10.5 Å². The second-order valence-corrected chi connectivity index (χ2v) is 8.15. The fraction of sp³-hybridized carbons (Fsp3) is 0.500. The van der Waals surface area contributed by atoms with Crippen molar-refractivity contribution >= 4 is 34.2 Å². The molecule has 7 nitrogen and oxygen atoms in total. The lowest BCUT2D eigenvalue weighted by molar-refractivity contribution is 0.0654. The van der Waals surface area contributed by atoms with Crippen LogP contribution in [0.4, 0.5) is 0 Å². The van der Waals surface area contributed by atoms with Crippen LogP contribution in [0.15, 0.2) is 24.3 Å². The predicted octanol–water partition coefficient (Wildman–Crippen LogP) is 0.751. The molecule has 1 saturated carbocycles. The summed E-state index contributed by atoms with van der Waals surface area (Å²) in [5.74, 6) is -0.526. The molecule has 9 heteroatoms. The number of imide groups is 1. The van der Waals surface area contributed by atoms with E-state index in [1.807, 2.05) is 0 Å². The Bertz CT molecular complexity index is 729. The number of nitrogens with one attached hydrogen (secondary N) is 1. The number of nitrogens with zero attached hydrogens (tertiary/aromatic N) is 1. The summed E-state index contributed by atoms with van der Waals surface area (Å²) in [5.41, 5.74) is 6.36. The zero-order valence-corrected chi connectivity index (χ0v) is 15.3. The summed E-state index contributed by atoms with van der Waals surface area (Å²) >= 11 is 0. The second-order valence-electron chi connectivity index (χ2n) is 6.28. The molecule has 1 aromatic rings. The van der Waals surface area contributed by atoms with Crippen molar-refractivity contribution in [2.45, 2.75) is 25.3 Å². The van der Waals surface area contributed by atoms with Crippen LogP contribution in [0.2, 0.25) is 0 Å². The molecule has 1 unspecified atom stereocenters. The monoisotopic (exact) mass is 387 g/mol. The van der Waals surface area contributed by atoms with Crippen LogP contribution in [0.3, 0.4) is 0 Å². The molecular formula is C16H22ClN3O4S. The van der Waals surface area contributed by atoms with Gasteiger partial charge in [0.2, 0.25) is 10.0 Å². The second kappa shape index (κ2) is 7.82. The predicted molar refractivity (Wildman–Crippen MR) is 96.2 cm³/mol. The fourth-order valence-electron chi connectivity index (χ4n) is 2.98. The van der Waals surface area contributed by atoms with E-state index in [1.165, 1.54) is 0 Å². The van der Waals surface area contributed by atoms with Gasteiger partial charge in [-0.3, -0.25) is 14.5 Å². The molecule has 1 aliphatic carbocycles. The molecule has 0 bridgehead atoms. The Morgan fingerprint density at radius 3 is 2.20 bits per heavy atom. The minimum Gasteiger partial charge on any atom is -0.329 e. The molecular weight excluding hydrogens is 366 g/mol. The molecule has 0 spiro atoms. The first kappa shape index (κ1) is 19.8. The molecule has 3 rings (SSSR count). The van der Waals surface area contributed by atoms with Crippen molar-refractivity contribution in [3.05, 3.63) is 35.4 Å². The van der Waals surface area contributed by atoms with Crippen LogP contribution in [-0.2, 0) is 10.0 Å². The van der Waals surface area contributed by atoms with E-state index in [1.54, 1.807) is 24.3 Å². The first-order chi connectivity index (χ1) is 11.4. The maximum absolute atomic E-state index is 12.2.